The molecule has 2 aromatic rings. The zero-order valence-electron chi connectivity index (χ0n) is 9.01. The lowest BCUT2D eigenvalue weighted by atomic mass is 10.1. The first-order chi connectivity index (χ1) is 8.66. The molecule has 1 aromatic heterocycles. The van der Waals surface area contributed by atoms with Gasteiger partial charge in [0.15, 0.2) is 0 Å². The second-order valence-corrected chi connectivity index (χ2v) is 5.60. The number of carbonyl (C=O) groups is 2. The van der Waals surface area contributed by atoms with Gasteiger partial charge in [-0.1, -0.05) is 30.3 Å². The Hall–Kier alpha value is -1.59. The molecule has 5 heteroatoms. The van der Waals surface area contributed by atoms with Gasteiger partial charge in [0.1, 0.15) is 15.6 Å². The molecule has 0 amide bonds. The molecule has 1 aromatic carbocycles. The molecule has 0 N–H and O–H groups in total. The molecular formula is C13H6BrNO2S. The van der Waals surface area contributed by atoms with Gasteiger partial charge < -0.3 is 0 Å². The van der Waals surface area contributed by atoms with Gasteiger partial charge in [-0.15, -0.1) is 11.3 Å². The Bertz CT molecular complexity index is 688. The summed E-state index contributed by atoms with van der Waals surface area (Å²) < 4.78 is 0.295. The minimum Gasteiger partial charge on any atom is -0.287 e. The van der Waals surface area contributed by atoms with Crippen LogP contribution in [0.4, 0.5) is 0 Å². The van der Waals surface area contributed by atoms with Crippen LogP contribution >= 0.6 is 27.3 Å². The number of hydrogen-bond acceptors (Lipinski definition) is 4. The summed E-state index contributed by atoms with van der Waals surface area (Å²) in [6.07, 6.45) is 1.28. The van der Waals surface area contributed by atoms with E-state index >= 15 is 0 Å². The molecular weight excluding hydrogens is 314 g/mol. The number of nitrogens with zero attached hydrogens (tertiary/aromatic N) is 1. The quantitative estimate of drug-likeness (QED) is 0.808. The molecule has 0 saturated carbocycles. The highest BCUT2D eigenvalue weighted by Crippen LogP contribution is 2.33. The number of thiazole rings is 1. The molecule has 1 aliphatic carbocycles. The Morgan fingerprint density at radius 3 is 2.56 bits per heavy atom. The Labute approximate surface area is 115 Å². The Morgan fingerprint density at radius 2 is 1.83 bits per heavy atom. The van der Waals surface area contributed by atoms with Gasteiger partial charge in [0.2, 0.25) is 11.6 Å². The molecule has 0 unspecified atom stereocenters. The molecule has 18 heavy (non-hydrogen) atoms. The van der Waals surface area contributed by atoms with E-state index in [2.05, 4.69) is 20.9 Å². The lowest BCUT2D eigenvalue weighted by Crippen LogP contribution is -2.12. The molecule has 0 bridgehead atoms. The van der Waals surface area contributed by atoms with Crippen LogP contribution in [0.2, 0.25) is 0 Å². The summed E-state index contributed by atoms with van der Waals surface area (Å²) in [5.41, 5.74) is 1.17. The first-order valence-electron chi connectivity index (χ1n) is 5.19. The smallest absolute Gasteiger partial charge is 0.212 e. The summed E-state index contributed by atoms with van der Waals surface area (Å²) in [7, 11) is 0. The van der Waals surface area contributed by atoms with Crippen molar-refractivity contribution in [1.29, 1.82) is 0 Å². The second-order valence-electron chi connectivity index (χ2n) is 3.75. The molecule has 0 atom stereocenters. The van der Waals surface area contributed by atoms with Crippen molar-refractivity contribution >= 4 is 38.8 Å². The van der Waals surface area contributed by atoms with Crippen molar-refractivity contribution in [3.63, 3.8) is 0 Å². The maximum atomic E-state index is 11.9. The number of ketones is 2. The van der Waals surface area contributed by atoms with Crippen LogP contribution in [0, 0.1) is 0 Å². The number of allylic oxidation sites excluding steroid dienone is 2. The topological polar surface area (TPSA) is 47.0 Å². The monoisotopic (exact) mass is 319 g/mol. The van der Waals surface area contributed by atoms with Crippen LogP contribution < -0.4 is 0 Å². The third kappa shape index (κ3) is 1.76. The molecule has 0 aliphatic heterocycles. The van der Waals surface area contributed by atoms with Gasteiger partial charge in [-0.25, -0.2) is 4.98 Å². The Balaban J connectivity index is 2.15. The van der Waals surface area contributed by atoms with Gasteiger partial charge in [0.05, 0.1) is 4.48 Å². The predicted octanol–water partition coefficient (Wildman–Crippen LogP) is 3.47. The molecule has 0 fully saturated rings. The number of carbonyl (C=O) groups excluding carboxylic acids is 2. The molecule has 3 rings (SSSR count). The summed E-state index contributed by atoms with van der Waals surface area (Å²) in [5.74, 6) is -0.404. The molecule has 0 radical (unpaired) electrons. The number of aromatic nitrogens is 1. The molecule has 88 valence electrons. The van der Waals surface area contributed by atoms with Crippen molar-refractivity contribution in [2.45, 2.75) is 0 Å². The largest absolute Gasteiger partial charge is 0.287 e. The zero-order chi connectivity index (χ0) is 12.7. The van der Waals surface area contributed by atoms with Crippen LogP contribution in [0.5, 0.6) is 0 Å². The number of hydrogen-bond donors (Lipinski definition) is 0. The molecule has 0 saturated heterocycles. The first kappa shape index (κ1) is 11.5. The predicted molar refractivity (Wildman–Crippen MR) is 73.2 cm³/mol. The third-order valence-electron chi connectivity index (χ3n) is 2.56. The summed E-state index contributed by atoms with van der Waals surface area (Å²) in [5, 5.41) is 0.693. The summed E-state index contributed by atoms with van der Waals surface area (Å²) in [6, 6.07) is 9.51. The van der Waals surface area contributed by atoms with Gasteiger partial charge in [-0.3, -0.25) is 9.59 Å². The van der Waals surface area contributed by atoms with Crippen molar-refractivity contribution < 1.29 is 9.59 Å². The zero-order valence-corrected chi connectivity index (χ0v) is 11.4. The summed E-state index contributed by atoms with van der Waals surface area (Å²) >= 11 is 4.35. The van der Waals surface area contributed by atoms with Gasteiger partial charge in [-0.2, -0.15) is 0 Å². The van der Waals surface area contributed by atoms with Crippen molar-refractivity contribution in [3.05, 3.63) is 51.5 Å². The fourth-order valence-corrected chi connectivity index (χ4v) is 3.27. The van der Waals surface area contributed by atoms with E-state index in [9.17, 15) is 9.59 Å². The van der Waals surface area contributed by atoms with Crippen molar-refractivity contribution in [2.75, 3.05) is 0 Å². The third-order valence-corrected chi connectivity index (χ3v) is 4.25. The Morgan fingerprint density at radius 1 is 1.11 bits per heavy atom. The fraction of sp³-hybridized carbons (Fsp3) is 0. The first-order valence-corrected chi connectivity index (χ1v) is 6.80. The minimum absolute atomic E-state index is 0.177. The lowest BCUT2D eigenvalue weighted by molar-refractivity contribution is 0.0992. The van der Waals surface area contributed by atoms with E-state index in [0.717, 1.165) is 5.56 Å². The standard InChI is InChI=1S/C13H6BrNO2S/c14-8-6-9(16)10-12(11(8)17)18-13(15-10)7-4-2-1-3-5-7/h1-6H. The summed E-state index contributed by atoms with van der Waals surface area (Å²) in [6.45, 7) is 0. The van der Waals surface area contributed by atoms with Crippen LogP contribution in [0.1, 0.15) is 20.2 Å². The number of Topliss-reactive ketones (excluding diaryl/α,β-unsaturated/α-hetero) is 1. The number of rotatable bonds is 1. The Kier molecular flexibility index (Phi) is 2.72. The van der Waals surface area contributed by atoms with E-state index in [1.165, 1.54) is 17.4 Å². The molecule has 0 spiro atoms. The van der Waals surface area contributed by atoms with E-state index in [-0.39, 0.29) is 17.3 Å². The molecule has 1 aliphatic rings. The molecule has 3 nitrogen and oxygen atoms in total. The van der Waals surface area contributed by atoms with Crippen LogP contribution in [0.25, 0.3) is 10.6 Å². The van der Waals surface area contributed by atoms with Crippen molar-refractivity contribution in [3.8, 4) is 10.6 Å². The average molecular weight is 320 g/mol. The minimum atomic E-state index is -0.227. The highest BCUT2D eigenvalue weighted by molar-refractivity contribution is 9.12. The highest BCUT2D eigenvalue weighted by Gasteiger charge is 2.28. The van der Waals surface area contributed by atoms with Crippen LogP contribution in [0.3, 0.4) is 0 Å². The normalized spacial score (nSPS) is 14.4. The van der Waals surface area contributed by atoms with E-state index in [4.69, 9.17) is 0 Å². The summed E-state index contributed by atoms with van der Waals surface area (Å²) in [4.78, 5) is 28.4. The number of halogens is 1. The van der Waals surface area contributed by atoms with Crippen LogP contribution in [-0.2, 0) is 0 Å². The van der Waals surface area contributed by atoms with E-state index in [0.29, 0.717) is 14.4 Å². The van der Waals surface area contributed by atoms with Gasteiger partial charge in [0, 0.05) is 11.6 Å². The van der Waals surface area contributed by atoms with Crippen molar-refractivity contribution in [2.24, 2.45) is 0 Å². The van der Waals surface area contributed by atoms with Crippen molar-refractivity contribution in [1.82, 2.24) is 4.98 Å². The van der Waals surface area contributed by atoms with Gasteiger partial charge in [-0.05, 0) is 15.9 Å². The van der Waals surface area contributed by atoms with E-state index in [1.54, 1.807) is 0 Å². The van der Waals surface area contributed by atoms with Gasteiger partial charge in [0.25, 0.3) is 0 Å². The second kappa shape index (κ2) is 4.26. The fourth-order valence-electron chi connectivity index (χ4n) is 1.70. The van der Waals surface area contributed by atoms with E-state index in [1.807, 2.05) is 30.3 Å². The SMILES string of the molecule is O=C1C=C(Br)C(=O)c2sc(-c3ccccc3)nc21. The maximum Gasteiger partial charge on any atom is 0.212 e. The van der Waals surface area contributed by atoms with Crippen LogP contribution in [0.15, 0.2) is 40.9 Å². The highest BCUT2D eigenvalue weighted by atomic mass is 79.9. The number of fused-ring (bicyclic) bond motifs is 1. The molecule has 1 heterocycles. The number of benzene rings is 1. The lowest BCUT2D eigenvalue weighted by Gasteiger charge is -2.03. The van der Waals surface area contributed by atoms with Crippen LogP contribution in [-0.4, -0.2) is 16.6 Å². The van der Waals surface area contributed by atoms with Gasteiger partial charge >= 0.3 is 0 Å². The van der Waals surface area contributed by atoms with E-state index < -0.39 is 0 Å². The average Bonchev–Trinajstić information content (AvgIpc) is 2.83. The maximum absolute atomic E-state index is 11.9.